The maximum atomic E-state index is 11.5. The van der Waals surface area contributed by atoms with Crippen molar-refractivity contribution >= 4 is 30.0 Å². The van der Waals surface area contributed by atoms with Crippen LogP contribution in [0.15, 0.2) is 29.1 Å². The minimum Gasteiger partial charge on any atom is -0.482 e. The summed E-state index contributed by atoms with van der Waals surface area (Å²) >= 11 is 1.28. The Morgan fingerprint density at radius 3 is 2.63 bits per heavy atom. The van der Waals surface area contributed by atoms with Crippen LogP contribution in [-0.2, 0) is 4.79 Å². The summed E-state index contributed by atoms with van der Waals surface area (Å²) in [5, 5.41) is 8.48. The summed E-state index contributed by atoms with van der Waals surface area (Å²) in [6.07, 6.45) is 1.74. The fourth-order valence-electron chi connectivity index (χ4n) is 1.44. The maximum Gasteiger partial charge on any atom is 0.341 e. The van der Waals surface area contributed by atoms with E-state index in [1.165, 1.54) is 11.3 Å². The number of H-pyrrole nitrogens is 1. The van der Waals surface area contributed by atoms with Crippen LogP contribution in [0.4, 0.5) is 0 Å². The van der Waals surface area contributed by atoms with Crippen molar-refractivity contribution in [2.45, 2.75) is 0 Å². The van der Waals surface area contributed by atoms with Crippen molar-refractivity contribution in [1.29, 1.82) is 0 Å². The van der Waals surface area contributed by atoms with Gasteiger partial charge in [0.2, 0.25) is 0 Å². The van der Waals surface area contributed by atoms with Gasteiger partial charge in [-0.1, -0.05) is 18.7 Å². The number of rotatable bonds is 4. The second-order valence-electron chi connectivity index (χ2n) is 3.74. The number of nitrogens with one attached hydrogen (secondary N) is 1. The highest BCUT2D eigenvalue weighted by Crippen LogP contribution is 2.12. The summed E-state index contributed by atoms with van der Waals surface area (Å²) in [5.41, 5.74) is 0.663. The third-order valence-corrected chi connectivity index (χ3v) is 3.12. The summed E-state index contributed by atoms with van der Waals surface area (Å²) in [7, 11) is 0. The Bertz CT molecular complexity index is 742. The molecule has 1 aromatic heterocycles. The van der Waals surface area contributed by atoms with Gasteiger partial charge in [-0.25, -0.2) is 4.79 Å². The first-order valence-corrected chi connectivity index (χ1v) is 6.21. The predicted octanol–water partition coefficient (Wildman–Crippen LogP) is 0.139. The second kappa shape index (κ2) is 5.53. The molecule has 1 heterocycles. The van der Waals surface area contributed by atoms with Gasteiger partial charge < -0.3 is 14.8 Å². The molecule has 0 fully saturated rings. The van der Waals surface area contributed by atoms with Gasteiger partial charge in [-0.05, 0) is 23.8 Å². The summed E-state index contributed by atoms with van der Waals surface area (Å²) in [6.45, 7) is 3.29. The Balaban J connectivity index is 2.22. The van der Waals surface area contributed by atoms with Gasteiger partial charge in [0.1, 0.15) is 5.75 Å². The van der Waals surface area contributed by atoms with Crippen molar-refractivity contribution in [3.63, 3.8) is 0 Å². The number of thiazole rings is 1. The van der Waals surface area contributed by atoms with Crippen LogP contribution in [-0.4, -0.2) is 22.7 Å². The molecule has 2 rings (SSSR count). The second-order valence-corrected chi connectivity index (χ2v) is 4.88. The number of hydrogen-bond donors (Lipinski definition) is 2. The molecule has 0 spiro atoms. The highest BCUT2D eigenvalue weighted by atomic mass is 32.1. The van der Waals surface area contributed by atoms with Gasteiger partial charge in [0.25, 0.3) is 5.56 Å². The molecule has 6 heteroatoms. The van der Waals surface area contributed by atoms with Gasteiger partial charge in [0.05, 0.1) is 9.20 Å². The van der Waals surface area contributed by atoms with Crippen LogP contribution in [0.2, 0.25) is 0 Å². The fraction of sp³-hybridized carbons (Fsp3) is 0.0769. The van der Waals surface area contributed by atoms with Gasteiger partial charge in [0.15, 0.2) is 6.61 Å². The molecule has 0 saturated heterocycles. The maximum absolute atomic E-state index is 11.5. The van der Waals surface area contributed by atoms with E-state index in [-0.39, 0.29) is 12.2 Å². The highest BCUT2D eigenvalue weighted by Gasteiger charge is 1.99. The number of benzene rings is 1. The van der Waals surface area contributed by atoms with Crippen LogP contribution in [0.3, 0.4) is 0 Å². The van der Waals surface area contributed by atoms with E-state index in [0.717, 1.165) is 5.56 Å². The molecule has 19 heavy (non-hydrogen) atoms. The van der Waals surface area contributed by atoms with Crippen molar-refractivity contribution in [2.24, 2.45) is 0 Å². The number of aliphatic carboxylic acids is 1. The lowest BCUT2D eigenvalue weighted by molar-refractivity contribution is -0.139. The monoisotopic (exact) mass is 277 g/mol. The summed E-state index contributed by atoms with van der Waals surface area (Å²) in [6, 6.07) is 6.81. The Morgan fingerprint density at radius 2 is 2.11 bits per heavy atom. The van der Waals surface area contributed by atoms with Crippen molar-refractivity contribution < 1.29 is 14.6 Å². The Kier molecular flexibility index (Phi) is 3.82. The number of carboxylic acids is 1. The first kappa shape index (κ1) is 13.1. The first-order valence-electron chi connectivity index (χ1n) is 5.39. The molecule has 98 valence electrons. The number of carboxylic acid groups (broad SMARTS) is 1. The van der Waals surface area contributed by atoms with E-state index in [1.54, 1.807) is 30.3 Å². The van der Waals surface area contributed by atoms with Crippen LogP contribution in [0.5, 0.6) is 5.75 Å². The van der Waals surface area contributed by atoms with E-state index in [9.17, 15) is 9.59 Å². The van der Waals surface area contributed by atoms with Crippen LogP contribution in [0, 0.1) is 0 Å². The largest absolute Gasteiger partial charge is 0.482 e. The zero-order valence-electron chi connectivity index (χ0n) is 9.88. The van der Waals surface area contributed by atoms with Crippen LogP contribution in [0.25, 0.3) is 12.7 Å². The van der Waals surface area contributed by atoms with Gasteiger partial charge >= 0.3 is 5.97 Å². The van der Waals surface area contributed by atoms with Crippen LogP contribution < -0.4 is 19.5 Å². The molecule has 0 aliphatic carbocycles. The molecule has 0 amide bonds. The molecule has 2 aromatic rings. The smallest absolute Gasteiger partial charge is 0.341 e. The lowest BCUT2D eigenvalue weighted by atomic mass is 10.2. The Labute approximate surface area is 112 Å². The van der Waals surface area contributed by atoms with Crippen molar-refractivity contribution in [3.8, 4) is 5.75 Å². The lowest BCUT2D eigenvalue weighted by Crippen LogP contribution is -2.19. The molecule has 0 bridgehead atoms. The average molecular weight is 277 g/mol. The topological polar surface area (TPSA) is 79.4 Å². The van der Waals surface area contributed by atoms with Gasteiger partial charge in [0, 0.05) is 0 Å². The summed E-state index contributed by atoms with van der Waals surface area (Å²) in [5.74, 6) is -0.554. The average Bonchev–Trinajstić information content (AvgIpc) is 2.67. The summed E-state index contributed by atoms with van der Waals surface area (Å²) in [4.78, 5) is 24.4. The number of ether oxygens (including phenoxy) is 1. The molecule has 5 nitrogen and oxygen atoms in total. The zero-order valence-corrected chi connectivity index (χ0v) is 10.7. The molecule has 0 unspecified atom stereocenters. The van der Waals surface area contributed by atoms with Crippen molar-refractivity contribution in [2.75, 3.05) is 6.61 Å². The third kappa shape index (κ3) is 3.56. The molecule has 0 radical (unpaired) electrons. The van der Waals surface area contributed by atoms with E-state index >= 15 is 0 Å². The molecular formula is C13H11NO4S. The van der Waals surface area contributed by atoms with E-state index < -0.39 is 5.97 Å². The molecule has 0 aliphatic rings. The number of aromatic nitrogens is 1. The van der Waals surface area contributed by atoms with Gasteiger partial charge in [-0.3, -0.25) is 4.79 Å². The standard InChI is InChI=1S/C13H11NO4S/c1-8-14-13(17)11(19-8)6-9-2-4-10(5-3-9)18-7-12(15)16/h2-6H,1,7H2,(H,14,17)(H,15,16). The first-order chi connectivity index (χ1) is 9.04. The number of hydrogen-bond acceptors (Lipinski definition) is 4. The quantitative estimate of drug-likeness (QED) is 0.833. The van der Waals surface area contributed by atoms with Crippen molar-refractivity contribution in [1.82, 2.24) is 4.98 Å². The SMILES string of the molecule is C=c1[nH]c(=O)c(=Cc2ccc(OCC(=O)O)cc2)s1. The number of carbonyl (C=O) groups is 1. The van der Waals surface area contributed by atoms with Gasteiger partial charge in [-0.2, -0.15) is 0 Å². The molecule has 0 saturated carbocycles. The molecule has 0 atom stereocenters. The van der Waals surface area contributed by atoms with E-state index in [2.05, 4.69) is 11.6 Å². The molecular weight excluding hydrogens is 266 g/mol. The minimum atomic E-state index is -1.02. The normalized spacial score (nSPS) is 11.5. The fourth-order valence-corrected chi connectivity index (χ4v) is 2.19. The van der Waals surface area contributed by atoms with Crippen molar-refractivity contribution in [3.05, 3.63) is 49.4 Å². The van der Waals surface area contributed by atoms with Crippen LogP contribution in [0.1, 0.15) is 5.56 Å². The third-order valence-electron chi connectivity index (χ3n) is 2.25. The lowest BCUT2D eigenvalue weighted by Gasteiger charge is -2.02. The van der Waals surface area contributed by atoms with Gasteiger partial charge in [-0.15, -0.1) is 11.3 Å². The Morgan fingerprint density at radius 1 is 1.42 bits per heavy atom. The van der Waals surface area contributed by atoms with E-state index in [4.69, 9.17) is 9.84 Å². The molecule has 1 aromatic carbocycles. The van der Waals surface area contributed by atoms with E-state index in [0.29, 0.717) is 14.9 Å². The molecule has 0 aliphatic heterocycles. The summed E-state index contributed by atoms with van der Waals surface area (Å²) < 4.78 is 6.19. The highest BCUT2D eigenvalue weighted by molar-refractivity contribution is 7.07. The number of aromatic amines is 1. The predicted molar refractivity (Wildman–Crippen MR) is 72.9 cm³/mol. The zero-order chi connectivity index (χ0) is 13.8. The van der Waals surface area contributed by atoms with E-state index in [1.807, 2.05) is 0 Å². The Hall–Kier alpha value is -2.34. The van der Waals surface area contributed by atoms with Crippen LogP contribution >= 0.6 is 11.3 Å². The molecule has 2 N–H and O–H groups in total. The minimum absolute atomic E-state index is 0.166.